The second-order valence-electron chi connectivity index (χ2n) is 7.76. The minimum Gasteiger partial charge on any atom is -0.322 e. The van der Waals surface area contributed by atoms with Gasteiger partial charge in [0, 0.05) is 24.0 Å². The number of nitrogens with one attached hydrogen (secondary N) is 1. The van der Waals surface area contributed by atoms with E-state index in [4.69, 9.17) is 11.6 Å². The summed E-state index contributed by atoms with van der Waals surface area (Å²) in [4.78, 5) is 27.6. The first-order chi connectivity index (χ1) is 15.9. The first-order valence-electron chi connectivity index (χ1n) is 10.5. The van der Waals surface area contributed by atoms with Gasteiger partial charge >= 0.3 is 0 Å². The van der Waals surface area contributed by atoms with E-state index in [1.807, 2.05) is 85.8 Å². The number of benzene rings is 4. The zero-order chi connectivity index (χ0) is 23.4. The molecule has 0 aliphatic rings. The van der Waals surface area contributed by atoms with Crippen LogP contribution in [0.3, 0.4) is 0 Å². The fourth-order valence-electron chi connectivity index (χ4n) is 3.63. The quantitative estimate of drug-likeness (QED) is 0.358. The Morgan fingerprint density at radius 1 is 0.788 bits per heavy atom. The molecule has 4 nitrogen and oxygen atoms in total. The molecule has 0 atom stereocenters. The lowest BCUT2D eigenvalue weighted by molar-refractivity contribution is 0.0991. The van der Waals surface area contributed by atoms with Gasteiger partial charge in [-0.2, -0.15) is 0 Å². The zero-order valence-electron chi connectivity index (χ0n) is 18.4. The van der Waals surface area contributed by atoms with Crippen LogP contribution in [-0.2, 0) is 0 Å². The van der Waals surface area contributed by atoms with Crippen LogP contribution in [0.2, 0.25) is 5.02 Å². The Morgan fingerprint density at radius 2 is 1.45 bits per heavy atom. The maximum atomic E-state index is 13.2. The topological polar surface area (TPSA) is 49.4 Å². The Labute approximate surface area is 198 Å². The number of aryl methyl sites for hydroxylation is 1. The van der Waals surface area contributed by atoms with Crippen molar-refractivity contribution in [2.45, 2.75) is 6.92 Å². The third-order valence-corrected chi connectivity index (χ3v) is 5.72. The molecule has 0 heterocycles. The van der Waals surface area contributed by atoms with Gasteiger partial charge in [0.2, 0.25) is 0 Å². The van der Waals surface area contributed by atoms with E-state index in [-0.39, 0.29) is 16.8 Å². The number of para-hydroxylation sites is 1. The Kier molecular flexibility index (Phi) is 6.57. The average molecular weight is 455 g/mol. The molecule has 0 unspecified atom stereocenters. The molecule has 0 saturated heterocycles. The highest BCUT2D eigenvalue weighted by molar-refractivity contribution is 6.35. The summed E-state index contributed by atoms with van der Waals surface area (Å²) < 4.78 is 0. The van der Waals surface area contributed by atoms with Crippen molar-refractivity contribution in [1.29, 1.82) is 0 Å². The highest BCUT2D eigenvalue weighted by atomic mass is 35.5. The van der Waals surface area contributed by atoms with E-state index in [0.717, 1.165) is 22.4 Å². The molecular weight excluding hydrogens is 432 g/mol. The van der Waals surface area contributed by atoms with Crippen LogP contribution >= 0.6 is 11.6 Å². The van der Waals surface area contributed by atoms with Gasteiger partial charge in [-0.1, -0.05) is 77.8 Å². The lowest BCUT2D eigenvalue weighted by Gasteiger charge is -2.18. The van der Waals surface area contributed by atoms with E-state index >= 15 is 0 Å². The van der Waals surface area contributed by atoms with E-state index < -0.39 is 0 Å². The third-order valence-electron chi connectivity index (χ3n) is 5.41. The number of hydrogen-bond acceptors (Lipinski definition) is 2. The molecule has 33 heavy (non-hydrogen) atoms. The van der Waals surface area contributed by atoms with Gasteiger partial charge in [-0.15, -0.1) is 0 Å². The molecule has 4 aromatic carbocycles. The van der Waals surface area contributed by atoms with Crippen LogP contribution in [0.1, 0.15) is 26.3 Å². The van der Waals surface area contributed by atoms with E-state index in [1.54, 1.807) is 30.1 Å². The number of carbonyl (C=O) groups excluding carboxylic acids is 2. The van der Waals surface area contributed by atoms with Crippen molar-refractivity contribution in [3.8, 4) is 11.1 Å². The van der Waals surface area contributed by atoms with Crippen molar-refractivity contribution < 1.29 is 9.59 Å². The second-order valence-corrected chi connectivity index (χ2v) is 8.17. The molecule has 0 fully saturated rings. The summed E-state index contributed by atoms with van der Waals surface area (Å²) in [5.74, 6) is -0.469. The summed E-state index contributed by atoms with van der Waals surface area (Å²) in [7, 11) is 1.70. The van der Waals surface area contributed by atoms with Crippen LogP contribution in [0.15, 0.2) is 97.1 Å². The molecule has 2 amide bonds. The first kappa shape index (κ1) is 22.3. The monoisotopic (exact) mass is 454 g/mol. The van der Waals surface area contributed by atoms with Crippen molar-refractivity contribution >= 4 is 34.8 Å². The van der Waals surface area contributed by atoms with Crippen LogP contribution in [0, 0.1) is 6.92 Å². The molecule has 0 bridgehead atoms. The molecule has 0 spiro atoms. The standard InChI is InChI=1S/C28H23ClN2O2/c1-19-13-15-23(20-9-5-3-6-10-20)25(17-19)27(32)30-21-14-16-24(26(29)18-21)28(33)31(2)22-11-7-4-8-12-22/h3-18H,1-2H3,(H,30,32). The predicted molar refractivity (Wildman–Crippen MR) is 135 cm³/mol. The van der Waals surface area contributed by atoms with Crippen LogP contribution in [0.25, 0.3) is 11.1 Å². The highest BCUT2D eigenvalue weighted by Crippen LogP contribution is 2.28. The fourth-order valence-corrected chi connectivity index (χ4v) is 3.89. The molecule has 0 aliphatic heterocycles. The molecule has 4 aromatic rings. The lowest BCUT2D eigenvalue weighted by atomic mass is 9.97. The number of halogens is 1. The number of hydrogen-bond donors (Lipinski definition) is 1. The number of anilines is 2. The number of rotatable bonds is 5. The molecule has 0 saturated carbocycles. The summed E-state index contributed by atoms with van der Waals surface area (Å²) in [5.41, 5.74) is 5.02. The first-order valence-corrected chi connectivity index (χ1v) is 10.9. The molecule has 164 valence electrons. The van der Waals surface area contributed by atoms with Crippen molar-refractivity contribution in [1.82, 2.24) is 0 Å². The fraction of sp³-hybridized carbons (Fsp3) is 0.0714. The Hall–Kier alpha value is -3.89. The molecule has 0 aromatic heterocycles. The maximum Gasteiger partial charge on any atom is 0.259 e. The van der Waals surface area contributed by atoms with Crippen molar-refractivity contribution in [2.75, 3.05) is 17.3 Å². The minimum absolute atomic E-state index is 0.228. The molecular formula is C28H23ClN2O2. The second kappa shape index (κ2) is 9.72. The van der Waals surface area contributed by atoms with Gasteiger partial charge < -0.3 is 10.2 Å². The number of nitrogens with zero attached hydrogens (tertiary/aromatic N) is 1. The summed E-state index contributed by atoms with van der Waals surface area (Å²) in [6.45, 7) is 1.95. The minimum atomic E-state index is -0.242. The SMILES string of the molecule is Cc1ccc(-c2ccccc2)c(C(=O)Nc2ccc(C(=O)N(C)c3ccccc3)c(Cl)c2)c1. The highest BCUT2D eigenvalue weighted by Gasteiger charge is 2.18. The van der Waals surface area contributed by atoms with E-state index in [2.05, 4.69) is 5.32 Å². The van der Waals surface area contributed by atoms with E-state index in [1.165, 1.54) is 0 Å². The van der Waals surface area contributed by atoms with Gasteiger partial charge in [0.05, 0.1) is 10.6 Å². The van der Waals surface area contributed by atoms with Gasteiger partial charge in [0.1, 0.15) is 0 Å². The van der Waals surface area contributed by atoms with Crippen LogP contribution in [0.4, 0.5) is 11.4 Å². The van der Waals surface area contributed by atoms with Gasteiger partial charge in [0.15, 0.2) is 0 Å². The van der Waals surface area contributed by atoms with Crippen LogP contribution < -0.4 is 10.2 Å². The van der Waals surface area contributed by atoms with Crippen LogP contribution in [-0.4, -0.2) is 18.9 Å². The Morgan fingerprint density at radius 3 is 2.12 bits per heavy atom. The van der Waals surface area contributed by atoms with Crippen LogP contribution in [0.5, 0.6) is 0 Å². The summed E-state index contributed by atoms with van der Waals surface area (Å²) >= 11 is 6.44. The average Bonchev–Trinajstić information content (AvgIpc) is 2.84. The Bertz CT molecular complexity index is 1300. The van der Waals surface area contributed by atoms with E-state index in [9.17, 15) is 9.59 Å². The van der Waals surface area contributed by atoms with E-state index in [0.29, 0.717) is 16.8 Å². The third kappa shape index (κ3) is 4.97. The summed E-state index contributed by atoms with van der Waals surface area (Å²) in [6, 6.07) is 29.8. The molecule has 5 heteroatoms. The van der Waals surface area contributed by atoms with Gasteiger partial charge in [0.25, 0.3) is 11.8 Å². The molecule has 0 aliphatic carbocycles. The number of amides is 2. The van der Waals surface area contributed by atoms with Gasteiger partial charge in [-0.25, -0.2) is 0 Å². The summed E-state index contributed by atoms with van der Waals surface area (Å²) in [6.07, 6.45) is 0. The molecule has 1 N–H and O–H groups in total. The number of carbonyl (C=O) groups is 2. The zero-order valence-corrected chi connectivity index (χ0v) is 19.1. The maximum absolute atomic E-state index is 13.2. The lowest BCUT2D eigenvalue weighted by Crippen LogP contribution is -2.26. The predicted octanol–water partition coefficient (Wildman–Crippen LogP) is 6.84. The van der Waals surface area contributed by atoms with Crippen molar-refractivity contribution in [3.05, 3.63) is 119 Å². The van der Waals surface area contributed by atoms with Crippen molar-refractivity contribution in [2.24, 2.45) is 0 Å². The molecule has 4 rings (SSSR count). The van der Waals surface area contributed by atoms with Gasteiger partial charge in [-0.3, -0.25) is 9.59 Å². The molecule has 0 radical (unpaired) electrons. The smallest absolute Gasteiger partial charge is 0.259 e. The summed E-state index contributed by atoms with van der Waals surface area (Å²) in [5, 5.41) is 3.19. The Balaban J connectivity index is 1.57. The normalized spacial score (nSPS) is 10.5. The van der Waals surface area contributed by atoms with Gasteiger partial charge in [-0.05, 0) is 54.4 Å². The largest absolute Gasteiger partial charge is 0.322 e. The van der Waals surface area contributed by atoms with Crippen molar-refractivity contribution in [3.63, 3.8) is 0 Å².